The average Bonchev–Trinajstić information content (AvgIpc) is 3.81. The maximum atomic E-state index is 6.54. The van der Waals surface area contributed by atoms with Crippen LogP contribution in [0.3, 0.4) is 0 Å². The first kappa shape index (κ1) is 30.7. The van der Waals surface area contributed by atoms with Gasteiger partial charge in [0.1, 0.15) is 22.5 Å². The minimum Gasteiger partial charge on any atom is -0.460 e. The number of furan rings is 2. The van der Waals surface area contributed by atoms with Gasteiger partial charge in [-0.15, -0.1) is 0 Å². The number of rotatable bonds is 5. The van der Waals surface area contributed by atoms with Gasteiger partial charge in [0.2, 0.25) is 0 Å². The van der Waals surface area contributed by atoms with E-state index in [1.54, 1.807) is 0 Å². The van der Waals surface area contributed by atoms with Crippen molar-refractivity contribution in [2.45, 2.75) is 12.8 Å². The highest BCUT2D eigenvalue weighted by molar-refractivity contribution is 6.07. The Morgan fingerprint density at radius 3 is 1.87 bits per heavy atom. The fourth-order valence-corrected chi connectivity index (χ4v) is 8.59. The first-order valence-electron chi connectivity index (χ1n) is 18.6. The van der Waals surface area contributed by atoms with E-state index in [1.165, 1.54) is 16.7 Å². The van der Waals surface area contributed by atoms with Crippen LogP contribution in [0, 0.1) is 11.8 Å². The van der Waals surface area contributed by atoms with Crippen LogP contribution in [0.4, 0.5) is 0 Å². The highest BCUT2D eigenvalue weighted by Crippen LogP contribution is 2.47. The predicted molar refractivity (Wildman–Crippen MR) is 217 cm³/mol. The molecule has 54 heavy (non-hydrogen) atoms. The van der Waals surface area contributed by atoms with Gasteiger partial charge in [0.05, 0.1) is 0 Å². The number of fused-ring (bicyclic) bond motifs is 7. The van der Waals surface area contributed by atoms with Crippen LogP contribution in [0.5, 0.6) is 0 Å². The number of para-hydroxylation sites is 2. The summed E-state index contributed by atoms with van der Waals surface area (Å²) in [5, 5.41) is 3.22. The summed E-state index contributed by atoms with van der Waals surface area (Å²) < 4.78 is 12.9. The van der Waals surface area contributed by atoms with Gasteiger partial charge in [-0.1, -0.05) is 140 Å². The SMILES string of the molecule is C1=CC2C(c3ccccc3)=CC=C(c3nc(C4=C(c5ccccc5)CCc5oc6ccccc6c54)nc(-c4ccc5c(c4)oc4ccccc45)n3)C2C=C1. The molecule has 0 saturated heterocycles. The zero-order valence-corrected chi connectivity index (χ0v) is 29.3. The molecule has 2 atom stereocenters. The van der Waals surface area contributed by atoms with Crippen molar-refractivity contribution in [2.75, 3.05) is 0 Å². The van der Waals surface area contributed by atoms with Gasteiger partial charge in [0.25, 0.3) is 0 Å². The molecule has 0 radical (unpaired) electrons. The molecular formula is C49H33N3O2. The Morgan fingerprint density at radius 2 is 1.07 bits per heavy atom. The molecule has 5 nitrogen and oxygen atoms in total. The summed E-state index contributed by atoms with van der Waals surface area (Å²) in [6.07, 6.45) is 14.9. The van der Waals surface area contributed by atoms with Gasteiger partial charge < -0.3 is 8.83 Å². The van der Waals surface area contributed by atoms with Crippen molar-refractivity contribution in [2.24, 2.45) is 11.8 Å². The van der Waals surface area contributed by atoms with Crippen LogP contribution in [0.25, 0.3) is 66.6 Å². The largest absolute Gasteiger partial charge is 0.460 e. The van der Waals surface area contributed by atoms with E-state index in [2.05, 4.69) is 134 Å². The molecule has 2 unspecified atom stereocenters. The van der Waals surface area contributed by atoms with E-state index in [4.69, 9.17) is 23.8 Å². The van der Waals surface area contributed by atoms with Crippen molar-refractivity contribution in [3.63, 3.8) is 0 Å². The lowest BCUT2D eigenvalue weighted by Crippen LogP contribution is -2.21. The fraction of sp³-hybridized carbons (Fsp3) is 0.0816. The van der Waals surface area contributed by atoms with Crippen LogP contribution in [-0.4, -0.2) is 15.0 Å². The van der Waals surface area contributed by atoms with E-state index in [0.717, 1.165) is 79.3 Å². The minimum absolute atomic E-state index is 0.0513. The Morgan fingerprint density at radius 1 is 0.463 bits per heavy atom. The third-order valence-corrected chi connectivity index (χ3v) is 11.1. The van der Waals surface area contributed by atoms with E-state index < -0.39 is 0 Å². The van der Waals surface area contributed by atoms with E-state index in [1.807, 2.05) is 30.3 Å². The molecule has 0 N–H and O–H groups in total. The lowest BCUT2D eigenvalue weighted by molar-refractivity contribution is 0.547. The van der Waals surface area contributed by atoms with Crippen LogP contribution >= 0.6 is 0 Å². The molecule has 8 aromatic rings. The number of aryl methyl sites for hydroxylation is 1. The quantitative estimate of drug-likeness (QED) is 0.179. The second kappa shape index (κ2) is 12.4. The molecule has 0 bridgehead atoms. The summed E-state index contributed by atoms with van der Waals surface area (Å²) in [7, 11) is 0. The number of nitrogens with zero attached hydrogens (tertiary/aromatic N) is 3. The lowest BCUT2D eigenvalue weighted by atomic mass is 9.73. The van der Waals surface area contributed by atoms with Crippen molar-refractivity contribution in [1.29, 1.82) is 0 Å². The fourth-order valence-electron chi connectivity index (χ4n) is 8.59. The van der Waals surface area contributed by atoms with Crippen molar-refractivity contribution >= 4 is 55.2 Å². The standard InChI is InChI=1S/C49H33N3O2/c1-3-13-30(14-4-1)33-25-26-39(36-18-8-7-17-35(33)36)48-50-47(32-23-24-38-37-19-9-11-21-41(37)54-44(38)29-32)51-49(52-48)46-34(31-15-5-2-6-16-31)27-28-43-45(46)40-20-10-12-22-42(40)53-43/h1-26,29,35-36H,27-28H2. The second-order valence-corrected chi connectivity index (χ2v) is 14.2. The molecule has 5 aromatic carbocycles. The summed E-state index contributed by atoms with van der Waals surface area (Å²) in [5.41, 5.74) is 11.4. The Hall–Kier alpha value is -6.85. The molecule has 5 heteroatoms. The second-order valence-electron chi connectivity index (χ2n) is 14.2. The van der Waals surface area contributed by atoms with Gasteiger partial charge in [0, 0.05) is 56.7 Å². The summed E-state index contributed by atoms with van der Waals surface area (Å²) in [6.45, 7) is 0. The minimum atomic E-state index is 0.0513. The molecule has 0 saturated carbocycles. The Labute approximate surface area is 312 Å². The maximum Gasteiger partial charge on any atom is 0.165 e. The van der Waals surface area contributed by atoms with Crippen molar-refractivity contribution < 1.29 is 8.83 Å². The van der Waals surface area contributed by atoms with Gasteiger partial charge >= 0.3 is 0 Å². The van der Waals surface area contributed by atoms with Crippen LogP contribution in [0.15, 0.2) is 173 Å². The molecule has 11 rings (SSSR count). The van der Waals surface area contributed by atoms with Gasteiger partial charge in [0.15, 0.2) is 17.5 Å². The molecule has 3 heterocycles. The summed E-state index contributed by atoms with van der Waals surface area (Å²) in [4.78, 5) is 16.1. The topological polar surface area (TPSA) is 65.0 Å². The van der Waals surface area contributed by atoms with Crippen LogP contribution in [-0.2, 0) is 6.42 Å². The zero-order valence-electron chi connectivity index (χ0n) is 29.3. The van der Waals surface area contributed by atoms with Gasteiger partial charge in [-0.25, -0.2) is 15.0 Å². The molecular weight excluding hydrogens is 663 g/mol. The number of aromatic nitrogens is 3. The molecule has 0 amide bonds. The van der Waals surface area contributed by atoms with E-state index in [0.29, 0.717) is 17.5 Å². The average molecular weight is 696 g/mol. The predicted octanol–water partition coefficient (Wildman–Crippen LogP) is 11.9. The Balaban J connectivity index is 1.18. The van der Waals surface area contributed by atoms with Crippen LogP contribution in [0.2, 0.25) is 0 Å². The molecule has 3 aromatic heterocycles. The van der Waals surface area contributed by atoms with Gasteiger partial charge in [-0.2, -0.15) is 0 Å². The Bertz CT molecular complexity index is 2940. The van der Waals surface area contributed by atoms with Crippen LogP contribution < -0.4 is 0 Å². The summed E-state index contributed by atoms with van der Waals surface area (Å²) in [6, 6.07) is 44.0. The molecule has 3 aliphatic carbocycles. The van der Waals surface area contributed by atoms with Crippen molar-refractivity contribution in [1.82, 2.24) is 15.0 Å². The monoisotopic (exact) mass is 695 g/mol. The summed E-state index contributed by atoms with van der Waals surface area (Å²) >= 11 is 0. The van der Waals surface area contributed by atoms with Crippen LogP contribution in [0.1, 0.15) is 40.5 Å². The van der Waals surface area contributed by atoms with Gasteiger partial charge in [-0.05, 0) is 53.0 Å². The molecule has 0 spiro atoms. The van der Waals surface area contributed by atoms with E-state index in [9.17, 15) is 0 Å². The number of allylic oxidation sites excluding steroid dienone is 9. The molecule has 0 fully saturated rings. The molecule has 0 aliphatic heterocycles. The molecule has 3 aliphatic rings. The van der Waals surface area contributed by atoms with E-state index >= 15 is 0 Å². The van der Waals surface area contributed by atoms with Crippen molar-refractivity contribution in [3.8, 4) is 11.4 Å². The van der Waals surface area contributed by atoms with Gasteiger partial charge in [-0.3, -0.25) is 0 Å². The lowest BCUT2D eigenvalue weighted by Gasteiger charge is -2.31. The zero-order chi connectivity index (χ0) is 35.6. The number of hydrogen-bond donors (Lipinski definition) is 0. The number of hydrogen-bond acceptors (Lipinski definition) is 5. The highest BCUT2D eigenvalue weighted by Gasteiger charge is 2.34. The summed E-state index contributed by atoms with van der Waals surface area (Å²) in [5.74, 6) is 3.06. The normalized spacial score (nSPS) is 17.9. The smallest absolute Gasteiger partial charge is 0.165 e. The first-order chi connectivity index (χ1) is 26.8. The van der Waals surface area contributed by atoms with E-state index in [-0.39, 0.29) is 11.8 Å². The number of benzene rings is 5. The maximum absolute atomic E-state index is 6.54. The van der Waals surface area contributed by atoms with Crippen molar-refractivity contribution in [3.05, 3.63) is 198 Å². The first-order valence-corrected chi connectivity index (χ1v) is 18.6. The Kier molecular flexibility index (Phi) is 7.05. The molecule has 256 valence electrons. The highest BCUT2D eigenvalue weighted by atomic mass is 16.3. The third kappa shape index (κ3) is 4.96. The third-order valence-electron chi connectivity index (χ3n) is 11.1.